The van der Waals surface area contributed by atoms with Crippen molar-refractivity contribution in [2.24, 2.45) is 0 Å². The van der Waals surface area contributed by atoms with E-state index in [-0.39, 0.29) is 11.7 Å². The van der Waals surface area contributed by atoms with Crippen molar-refractivity contribution in [3.63, 3.8) is 0 Å². The van der Waals surface area contributed by atoms with Gasteiger partial charge in [0.1, 0.15) is 5.78 Å². The lowest BCUT2D eigenvalue weighted by Crippen LogP contribution is -2.09. The number of hydrogen-bond donors (Lipinski definition) is 0. The maximum Gasteiger partial charge on any atom is 0.237 e. The molecule has 0 saturated heterocycles. The maximum atomic E-state index is 11.5. The normalized spacial score (nSPS) is 19.7. The van der Waals surface area contributed by atoms with Crippen LogP contribution in [-0.4, -0.2) is 15.9 Å². The van der Waals surface area contributed by atoms with Crippen molar-refractivity contribution in [2.75, 3.05) is 0 Å². The Morgan fingerprint density at radius 1 is 1.26 bits per heavy atom. The molecule has 1 atom stereocenters. The largest absolute Gasteiger partial charge is 0.339 e. The van der Waals surface area contributed by atoms with Crippen LogP contribution in [0.25, 0.3) is 0 Å². The Balaban J connectivity index is 2.08. The molecule has 19 heavy (non-hydrogen) atoms. The molecule has 1 fully saturated rings. The SMILES string of the molecule is CCC(C(C)=O)c1nc(C2CCCCCCC2)no1. The minimum atomic E-state index is -0.227. The first-order chi connectivity index (χ1) is 9.22. The average Bonchev–Trinajstić information content (AvgIpc) is 2.78. The van der Waals surface area contributed by atoms with Gasteiger partial charge in [-0.15, -0.1) is 0 Å². The Morgan fingerprint density at radius 3 is 2.47 bits per heavy atom. The molecule has 2 rings (SSSR count). The third-order valence-electron chi connectivity index (χ3n) is 4.12. The summed E-state index contributed by atoms with van der Waals surface area (Å²) in [4.78, 5) is 16.0. The van der Waals surface area contributed by atoms with Crippen LogP contribution in [0, 0.1) is 0 Å². The van der Waals surface area contributed by atoms with Gasteiger partial charge in [-0.2, -0.15) is 4.98 Å². The van der Waals surface area contributed by atoms with Crippen LogP contribution in [0.1, 0.15) is 88.8 Å². The number of carbonyl (C=O) groups is 1. The van der Waals surface area contributed by atoms with Gasteiger partial charge in [-0.3, -0.25) is 4.79 Å². The zero-order chi connectivity index (χ0) is 13.7. The number of ketones is 1. The fourth-order valence-electron chi connectivity index (χ4n) is 2.90. The highest BCUT2D eigenvalue weighted by molar-refractivity contribution is 5.82. The Hall–Kier alpha value is -1.19. The van der Waals surface area contributed by atoms with Crippen molar-refractivity contribution in [1.29, 1.82) is 0 Å². The van der Waals surface area contributed by atoms with Gasteiger partial charge in [0.15, 0.2) is 5.82 Å². The Kier molecular flexibility index (Phi) is 5.11. The summed E-state index contributed by atoms with van der Waals surface area (Å²) in [6, 6.07) is 0. The highest BCUT2D eigenvalue weighted by Gasteiger charge is 2.24. The first kappa shape index (κ1) is 14.2. The molecule has 1 aliphatic rings. The van der Waals surface area contributed by atoms with E-state index in [0.29, 0.717) is 11.8 Å². The Bertz CT molecular complexity index is 406. The van der Waals surface area contributed by atoms with Gasteiger partial charge in [-0.25, -0.2) is 0 Å². The smallest absolute Gasteiger partial charge is 0.237 e. The summed E-state index contributed by atoms with van der Waals surface area (Å²) in [6.45, 7) is 3.57. The highest BCUT2D eigenvalue weighted by Crippen LogP contribution is 2.30. The van der Waals surface area contributed by atoms with Crippen LogP contribution in [0.3, 0.4) is 0 Å². The monoisotopic (exact) mass is 264 g/mol. The molecule has 4 nitrogen and oxygen atoms in total. The molecule has 1 saturated carbocycles. The average molecular weight is 264 g/mol. The van der Waals surface area contributed by atoms with Crippen LogP contribution < -0.4 is 0 Å². The summed E-state index contributed by atoms with van der Waals surface area (Å²) in [7, 11) is 0. The van der Waals surface area contributed by atoms with E-state index in [0.717, 1.165) is 25.1 Å². The van der Waals surface area contributed by atoms with Crippen LogP contribution in [-0.2, 0) is 4.79 Å². The second kappa shape index (κ2) is 6.83. The first-order valence-electron chi connectivity index (χ1n) is 7.56. The van der Waals surface area contributed by atoms with E-state index in [2.05, 4.69) is 10.1 Å². The molecule has 1 aromatic rings. The molecule has 4 heteroatoms. The standard InChI is InChI=1S/C15H24N2O2/c1-3-13(11(2)18)15-16-14(17-19-15)12-9-7-5-4-6-8-10-12/h12-13H,3-10H2,1-2H3. The highest BCUT2D eigenvalue weighted by atomic mass is 16.5. The van der Waals surface area contributed by atoms with Gasteiger partial charge in [-0.1, -0.05) is 44.2 Å². The molecule has 0 spiro atoms. The molecule has 0 aliphatic heterocycles. The lowest BCUT2D eigenvalue weighted by molar-refractivity contribution is -0.119. The van der Waals surface area contributed by atoms with Crippen molar-refractivity contribution >= 4 is 5.78 Å². The Morgan fingerprint density at radius 2 is 1.89 bits per heavy atom. The van der Waals surface area contributed by atoms with Crippen LogP contribution in [0.4, 0.5) is 0 Å². The molecule has 1 unspecified atom stereocenters. The van der Waals surface area contributed by atoms with Crippen molar-refractivity contribution in [2.45, 2.75) is 77.0 Å². The number of aromatic nitrogens is 2. The molecule has 0 amide bonds. The second-order valence-corrected chi connectivity index (χ2v) is 5.60. The predicted molar refractivity (Wildman–Crippen MR) is 73.1 cm³/mol. The van der Waals surface area contributed by atoms with Crippen LogP contribution in [0.15, 0.2) is 4.52 Å². The number of Topliss-reactive ketones (excluding diaryl/α,β-unsaturated/α-hetero) is 1. The zero-order valence-corrected chi connectivity index (χ0v) is 12.0. The van der Waals surface area contributed by atoms with E-state index in [9.17, 15) is 4.79 Å². The van der Waals surface area contributed by atoms with Crippen LogP contribution in [0.2, 0.25) is 0 Å². The molecule has 0 bridgehead atoms. The Labute approximate surface area is 115 Å². The number of hydrogen-bond acceptors (Lipinski definition) is 4. The number of nitrogens with zero attached hydrogens (tertiary/aromatic N) is 2. The molecule has 0 aromatic carbocycles. The maximum absolute atomic E-state index is 11.5. The second-order valence-electron chi connectivity index (χ2n) is 5.60. The fourth-order valence-corrected chi connectivity index (χ4v) is 2.90. The third-order valence-corrected chi connectivity index (χ3v) is 4.12. The van der Waals surface area contributed by atoms with Gasteiger partial charge >= 0.3 is 0 Å². The molecule has 0 radical (unpaired) electrons. The minimum absolute atomic E-state index is 0.107. The molecule has 0 N–H and O–H groups in total. The number of carbonyl (C=O) groups excluding carboxylic acids is 1. The van der Waals surface area contributed by atoms with Gasteiger partial charge < -0.3 is 4.52 Å². The van der Waals surface area contributed by atoms with E-state index >= 15 is 0 Å². The third kappa shape index (κ3) is 3.64. The molecular weight excluding hydrogens is 240 g/mol. The number of rotatable bonds is 4. The summed E-state index contributed by atoms with van der Waals surface area (Å²) >= 11 is 0. The van der Waals surface area contributed by atoms with E-state index in [1.54, 1.807) is 6.92 Å². The van der Waals surface area contributed by atoms with Gasteiger partial charge in [0, 0.05) is 5.92 Å². The topological polar surface area (TPSA) is 56.0 Å². The molecule has 1 heterocycles. The zero-order valence-electron chi connectivity index (χ0n) is 12.0. The minimum Gasteiger partial charge on any atom is -0.339 e. The van der Waals surface area contributed by atoms with Crippen LogP contribution in [0.5, 0.6) is 0 Å². The fraction of sp³-hybridized carbons (Fsp3) is 0.800. The van der Waals surface area contributed by atoms with E-state index < -0.39 is 0 Å². The summed E-state index contributed by atoms with van der Waals surface area (Å²) in [6.07, 6.45) is 9.50. The summed E-state index contributed by atoms with van der Waals surface area (Å²) < 4.78 is 5.32. The van der Waals surface area contributed by atoms with Gasteiger partial charge in [0.05, 0.1) is 5.92 Å². The van der Waals surface area contributed by atoms with Gasteiger partial charge in [0.2, 0.25) is 5.89 Å². The lowest BCUT2D eigenvalue weighted by Gasteiger charge is -2.15. The predicted octanol–water partition coefficient (Wildman–Crippen LogP) is 3.98. The van der Waals surface area contributed by atoms with Crippen molar-refractivity contribution in [3.8, 4) is 0 Å². The van der Waals surface area contributed by atoms with Crippen LogP contribution >= 0.6 is 0 Å². The van der Waals surface area contributed by atoms with E-state index in [4.69, 9.17) is 4.52 Å². The van der Waals surface area contributed by atoms with Gasteiger partial charge in [0.25, 0.3) is 0 Å². The first-order valence-corrected chi connectivity index (χ1v) is 7.56. The molecular formula is C15H24N2O2. The van der Waals surface area contributed by atoms with Crippen molar-refractivity contribution in [3.05, 3.63) is 11.7 Å². The molecule has 1 aromatic heterocycles. The summed E-state index contributed by atoms with van der Waals surface area (Å²) in [5.41, 5.74) is 0. The summed E-state index contributed by atoms with van der Waals surface area (Å²) in [5.74, 6) is 1.62. The quantitative estimate of drug-likeness (QED) is 0.825. The lowest BCUT2D eigenvalue weighted by atomic mass is 9.91. The van der Waals surface area contributed by atoms with Crippen molar-refractivity contribution in [1.82, 2.24) is 10.1 Å². The van der Waals surface area contributed by atoms with E-state index in [1.807, 2.05) is 6.92 Å². The van der Waals surface area contributed by atoms with Gasteiger partial charge in [-0.05, 0) is 26.2 Å². The summed E-state index contributed by atoms with van der Waals surface area (Å²) in [5, 5.41) is 4.13. The van der Waals surface area contributed by atoms with Crippen molar-refractivity contribution < 1.29 is 9.32 Å². The molecule has 1 aliphatic carbocycles. The molecule has 106 valence electrons. The van der Waals surface area contributed by atoms with E-state index in [1.165, 1.54) is 32.1 Å².